The van der Waals surface area contributed by atoms with E-state index in [1.54, 1.807) is 49.4 Å². The van der Waals surface area contributed by atoms with Crippen LogP contribution >= 0.6 is 0 Å². The van der Waals surface area contributed by atoms with Crippen LogP contribution in [0, 0.1) is 6.92 Å². The molecule has 5 heteroatoms. The number of carbonyl (C=O) groups is 1. The zero-order valence-corrected chi connectivity index (χ0v) is 14.3. The molecule has 0 spiro atoms. The van der Waals surface area contributed by atoms with Gasteiger partial charge in [0.05, 0.1) is 11.7 Å². The minimum Gasteiger partial charge on any atom is -0.490 e. The summed E-state index contributed by atoms with van der Waals surface area (Å²) in [4.78, 5) is 24.2. The lowest BCUT2D eigenvalue weighted by Crippen LogP contribution is -2.15. The molecule has 0 atom stereocenters. The summed E-state index contributed by atoms with van der Waals surface area (Å²) in [7, 11) is 0. The van der Waals surface area contributed by atoms with E-state index >= 15 is 0 Å². The second-order valence-corrected chi connectivity index (χ2v) is 6.09. The number of benzene rings is 2. The normalized spacial score (nSPS) is 10.9. The van der Waals surface area contributed by atoms with Crippen LogP contribution in [0.1, 0.15) is 29.8 Å². The molecule has 2 aromatic carbocycles. The van der Waals surface area contributed by atoms with Crippen molar-refractivity contribution in [1.82, 2.24) is 0 Å². The first-order valence-corrected chi connectivity index (χ1v) is 8.05. The van der Waals surface area contributed by atoms with Crippen LogP contribution in [0.2, 0.25) is 0 Å². The van der Waals surface area contributed by atoms with E-state index < -0.39 is 0 Å². The number of rotatable bonds is 4. The van der Waals surface area contributed by atoms with Crippen LogP contribution in [0.5, 0.6) is 5.75 Å². The monoisotopic (exact) mass is 337 g/mol. The largest absolute Gasteiger partial charge is 0.490 e. The molecule has 128 valence electrons. The first kappa shape index (κ1) is 16.8. The molecule has 0 radical (unpaired) electrons. The summed E-state index contributed by atoms with van der Waals surface area (Å²) >= 11 is 0. The van der Waals surface area contributed by atoms with E-state index in [4.69, 9.17) is 9.15 Å². The van der Waals surface area contributed by atoms with Crippen LogP contribution in [-0.2, 0) is 0 Å². The molecule has 0 bridgehead atoms. The van der Waals surface area contributed by atoms with Crippen LogP contribution in [0.25, 0.3) is 11.0 Å². The maximum Gasteiger partial charge on any atom is 0.339 e. The van der Waals surface area contributed by atoms with E-state index in [0.717, 1.165) is 5.39 Å². The molecular formula is C20H19NO4. The standard InChI is InChI=1S/C20H19NO4/c1-12(2)24-18-7-5-4-6-16(18)19(22)21-15-8-9-17-14(11-15)10-13(3)20(23)25-17/h4-12H,1-3H3,(H,21,22). The van der Waals surface area contributed by atoms with Gasteiger partial charge in [-0.1, -0.05) is 12.1 Å². The van der Waals surface area contributed by atoms with Crippen LogP contribution in [0.15, 0.2) is 57.7 Å². The fraction of sp³-hybridized carbons (Fsp3) is 0.200. The molecule has 1 heterocycles. The van der Waals surface area contributed by atoms with E-state index in [0.29, 0.717) is 28.1 Å². The molecule has 0 unspecified atom stereocenters. The van der Waals surface area contributed by atoms with Gasteiger partial charge in [-0.05, 0) is 57.2 Å². The molecule has 1 N–H and O–H groups in total. The predicted octanol–water partition coefficient (Wildman–Crippen LogP) is 4.14. The average Bonchev–Trinajstić information content (AvgIpc) is 2.56. The summed E-state index contributed by atoms with van der Waals surface area (Å²) < 4.78 is 10.9. The van der Waals surface area contributed by atoms with Gasteiger partial charge in [-0.2, -0.15) is 0 Å². The Labute approximate surface area is 145 Å². The number of hydrogen-bond donors (Lipinski definition) is 1. The molecule has 0 saturated carbocycles. The van der Waals surface area contributed by atoms with E-state index in [9.17, 15) is 9.59 Å². The lowest BCUT2D eigenvalue weighted by molar-refractivity contribution is 0.102. The van der Waals surface area contributed by atoms with Crippen LogP contribution in [0.3, 0.4) is 0 Å². The number of para-hydroxylation sites is 1. The molecule has 0 aliphatic rings. The smallest absolute Gasteiger partial charge is 0.339 e. The van der Waals surface area contributed by atoms with Crippen LogP contribution < -0.4 is 15.7 Å². The molecule has 5 nitrogen and oxygen atoms in total. The highest BCUT2D eigenvalue weighted by Gasteiger charge is 2.14. The van der Waals surface area contributed by atoms with Crippen LogP contribution in [-0.4, -0.2) is 12.0 Å². The Morgan fingerprint density at radius 2 is 1.88 bits per heavy atom. The number of aryl methyl sites for hydroxylation is 1. The summed E-state index contributed by atoms with van der Waals surface area (Å²) in [5, 5.41) is 3.61. The number of fused-ring (bicyclic) bond motifs is 1. The fourth-order valence-electron chi connectivity index (χ4n) is 2.51. The SMILES string of the molecule is Cc1cc2cc(NC(=O)c3ccccc3OC(C)C)ccc2oc1=O. The molecule has 1 amide bonds. The molecule has 0 saturated heterocycles. The molecular weight excluding hydrogens is 318 g/mol. The Hall–Kier alpha value is -3.08. The second kappa shape index (κ2) is 6.81. The van der Waals surface area contributed by atoms with Gasteiger partial charge in [0.15, 0.2) is 0 Å². The molecule has 0 aliphatic heterocycles. The Bertz CT molecular complexity index is 988. The van der Waals surface area contributed by atoms with Gasteiger partial charge < -0.3 is 14.5 Å². The Balaban J connectivity index is 1.90. The number of carbonyl (C=O) groups excluding carboxylic acids is 1. The molecule has 25 heavy (non-hydrogen) atoms. The van der Waals surface area contributed by atoms with Crippen molar-refractivity contribution in [2.24, 2.45) is 0 Å². The number of amides is 1. The van der Waals surface area contributed by atoms with Gasteiger partial charge in [0, 0.05) is 16.6 Å². The lowest BCUT2D eigenvalue weighted by Gasteiger charge is -2.14. The zero-order chi connectivity index (χ0) is 18.0. The van der Waals surface area contributed by atoms with E-state index in [1.165, 1.54) is 0 Å². The minimum atomic E-state index is -0.357. The van der Waals surface area contributed by atoms with E-state index in [1.807, 2.05) is 19.9 Å². The summed E-state index contributed by atoms with van der Waals surface area (Å²) in [6.07, 6.45) is -0.0273. The van der Waals surface area contributed by atoms with Crippen molar-refractivity contribution < 1.29 is 13.9 Å². The first-order valence-electron chi connectivity index (χ1n) is 8.05. The van der Waals surface area contributed by atoms with Crippen molar-refractivity contribution in [2.75, 3.05) is 5.32 Å². The highest BCUT2D eigenvalue weighted by Crippen LogP contribution is 2.23. The van der Waals surface area contributed by atoms with Gasteiger partial charge in [-0.25, -0.2) is 4.79 Å². The lowest BCUT2D eigenvalue weighted by atomic mass is 10.1. The Morgan fingerprint density at radius 3 is 2.64 bits per heavy atom. The second-order valence-electron chi connectivity index (χ2n) is 6.09. The topological polar surface area (TPSA) is 68.5 Å². The summed E-state index contributed by atoms with van der Waals surface area (Å²) in [5.41, 5.74) is 1.73. The molecule has 0 aliphatic carbocycles. The van der Waals surface area contributed by atoms with Gasteiger partial charge >= 0.3 is 5.63 Å². The number of anilines is 1. The van der Waals surface area contributed by atoms with Gasteiger partial charge in [-0.3, -0.25) is 4.79 Å². The number of nitrogens with one attached hydrogen (secondary N) is 1. The van der Waals surface area contributed by atoms with Gasteiger partial charge in [-0.15, -0.1) is 0 Å². The van der Waals surface area contributed by atoms with Crippen LogP contribution in [0.4, 0.5) is 5.69 Å². The predicted molar refractivity (Wildman–Crippen MR) is 97.4 cm³/mol. The average molecular weight is 337 g/mol. The van der Waals surface area contributed by atoms with Gasteiger partial charge in [0.1, 0.15) is 11.3 Å². The fourth-order valence-corrected chi connectivity index (χ4v) is 2.51. The third kappa shape index (κ3) is 3.71. The Kier molecular flexibility index (Phi) is 4.57. The van der Waals surface area contributed by atoms with Crippen molar-refractivity contribution >= 4 is 22.6 Å². The number of hydrogen-bond acceptors (Lipinski definition) is 4. The van der Waals surface area contributed by atoms with E-state index in [2.05, 4.69) is 5.32 Å². The first-order chi connectivity index (χ1) is 11.9. The van der Waals surface area contributed by atoms with Crippen molar-refractivity contribution in [3.8, 4) is 5.75 Å². The highest BCUT2D eigenvalue weighted by molar-refractivity contribution is 6.06. The highest BCUT2D eigenvalue weighted by atomic mass is 16.5. The number of ether oxygens (including phenoxy) is 1. The minimum absolute atomic E-state index is 0.0273. The molecule has 3 rings (SSSR count). The Morgan fingerprint density at radius 1 is 1.12 bits per heavy atom. The summed E-state index contributed by atoms with van der Waals surface area (Å²) in [6.45, 7) is 5.51. The molecule has 0 fully saturated rings. The van der Waals surface area contributed by atoms with Crippen molar-refractivity contribution in [2.45, 2.75) is 26.9 Å². The quantitative estimate of drug-likeness (QED) is 0.727. The summed E-state index contributed by atoms with van der Waals surface area (Å²) in [6, 6.07) is 14.0. The van der Waals surface area contributed by atoms with E-state index in [-0.39, 0.29) is 17.6 Å². The molecule has 3 aromatic rings. The van der Waals surface area contributed by atoms with Crippen molar-refractivity contribution in [3.05, 3.63) is 70.1 Å². The maximum atomic E-state index is 12.6. The maximum absolute atomic E-state index is 12.6. The third-order valence-corrected chi connectivity index (χ3v) is 3.66. The zero-order valence-electron chi connectivity index (χ0n) is 14.3. The van der Waals surface area contributed by atoms with Gasteiger partial charge in [0.2, 0.25) is 0 Å². The van der Waals surface area contributed by atoms with Gasteiger partial charge in [0.25, 0.3) is 5.91 Å². The van der Waals surface area contributed by atoms with Crippen molar-refractivity contribution in [3.63, 3.8) is 0 Å². The summed E-state index contributed by atoms with van der Waals surface area (Å²) in [5.74, 6) is 0.280. The van der Waals surface area contributed by atoms with Crippen molar-refractivity contribution in [1.29, 1.82) is 0 Å². The molecule has 1 aromatic heterocycles. The third-order valence-electron chi connectivity index (χ3n) is 3.66.